The maximum atomic E-state index is 5.96. The Bertz CT molecular complexity index is 1350. The molecule has 0 radical (unpaired) electrons. The highest BCUT2D eigenvalue weighted by atomic mass is 79.9. The molecule has 0 amide bonds. The number of rotatable bonds is 15. The molecular weight excluding hydrogens is 620 g/mol. The van der Waals surface area contributed by atoms with E-state index in [1.165, 1.54) is 92.7 Å². The number of unbranched alkanes of at least 4 members (excludes halogenated alkanes) is 8. The third-order valence-corrected chi connectivity index (χ3v) is 9.46. The van der Waals surface area contributed by atoms with Crippen molar-refractivity contribution in [3.05, 3.63) is 65.7 Å². The lowest BCUT2D eigenvalue weighted by atomic mass is 9.93. The molecule has 2 aromatic carbocycles. The molecule has 0 aliphatic rings. The van der Waals surface area contributed by atoms with Crippen LogP contribution >= 0.6 is 39.9 Å². The second-order valence-electron chi connectivity index (χ2n) is 10.9. The lowest BCUT2D eigenvalue weighted by Gasteiger charge is -2.21. The van der Waals surface area contributed by atoms with Gasteiger partial charge in [0, 0.05) is 73.0 Å². The molecule has 0 saturated carbocycles. The fraction of sp³-hybridized carbons (Fsp3) is 0.457. The maximum absolute atomic E-state index is 5.96. The number of benzene rings is 2. The van der Waals surface area contributed by atoms with Crippen LogP contribution in [0.4, 0.5) is 11.4 Å². The minimum atomic E-state index is 0.484. The van der Waals surface area contributed by atoms with Crippen LogP contribution in [0.25, 0.3) is 21.5 Å². The van der Waals surface area contributed by atoms with E-state index in [1.807, 2.05) is 30.6 Å². The van der Waals surface area contributed by atoms with E-state index in [9.17, 15) is 0 Å². The zero-order chi connectivity index (χ0) is 30.2. The average Bonchev–Trinajstić information content (AvgIpc) is 3.00. The highest BCUT2D eigenvalue weighted by Crippen LogP contribution is 2.33. The summed E-state index contributed by atoms with van der Waals surface area (Å²) in [5, 5.41) is 8.16. The van der Waals surface area contributed by atoms with Crippen LogP contribution in [0.2, 0.25) is 0 Å². The lowest BCUT2D eigenvalue weighted by Crippen LogP contribution is -2.21. The number of aromatic nitrogens is 2. The zero-order valence-corrected chi connectivity index (χ0v) is 28.7. The van der Waals surface area contributed by atoms with Gasteiger partial charge in [-0.25, -0.2) is 0 Å². The molecule has 42 heavy (non-hydrogen) atoms. The number of fused-ring (bicyclic) bond motifs is 2. The molecule has 4 nitrogen and oxygen atoms in total. The molecule has 2 heterocycles. The first-order valence-corrected chi connectivity index (χ1v) is 17.9. The molecule has 1 atom stereocenters. The number of thiocarbonyl (C=S) groups is 1. The van der Waals surface area contributed by atoms with E-state index in [4.69, 9.17) is 18.0 Å². The Morgan fingerprint density at radius 3 is 2.02 bits per heavy atom. The highest BCUT2D eigenvalue weighted by molar-refractivity contribution is 9.10. The number of pyridine rings is 2. The van der Waals surface area contributed by atoms with E-state index >= 15 is 0 Å². The van der Waals surface area contributed by atoms with Gasteiger partial charge in [-0.2, -0.15) is 0 Å². The summed E-state index contributed by atoms with van der Waals surface area (Å²) in [7, 11) is 0. The predicted molar refractivity (Wildman–Crippen MR) is 194 cm³/mol. The van der Waals surface area contributed by atoms with Gasteiger partial charge < -0.3 is 11.1 Å². The van der Waals surface area contributed by atoms with Gasteiger partial charge >= 0.3 is 0 Å². The Morgan fingerprint density at radius 2 is 1.38 bits per heavy atom. The van der Waals surface area contributed by atoms with E-state index in [2.05, 4.69) is 69.5 Å². The summed E-state index contributed by atoms with van der Waals surface area (Å²) in [6.45, 7) is 4.56. The number of anilines is 2. The third-order valence-electron chi connectivity index (χ3n) is 7.68. The molecule has 0 bridgehead atoms. The minimum absolute atomic E-state index is 0.484. The van der Waals surface area contributed by atoms with Gasteiger partial charge in [-0.3, -0.25) is 9.97 Å². The van der Waals surface area contributed by atoms with E-state index in [-0.39, 0.29) is 0 Å². The van der Waals surface area contributed by atoms with Gasteiger partial charge in [0.05, 0.1) is 4.99 Å². The standard InChI is InChI=1S/C26H40N2S2.C9H7BrN2/c1-4-6-8-10-11-13-16-21(15-12-9-7-5-2)26(29)28-23-18-14-17-22-19-27-20-24(30-3)25(22)23;10-7-5-12-4-6-2-1-3-8(11)9(6)7/h14,17-21H,4-13,15-16H2,1-3H3,(H,28,29);1-5H,11H2. The largest absolute Gasteiger partial charge is 0.398 e. The molecule has 3 N–H and O–H groups in total. The van der Waals surface area contributed by atoms with Crippen molar-refractivity contribution in [1.29, 1.82) is 0 Å². The van der Waals surface area contributed by atoms with E-state index in [0.717, 1.165) is 31.6 Å². The van der Waals surface area contributed by atoms with Crippen molar-refractivity contribution in [2.75, 3.05) is 17.3 Å². The Labute approximate surface area is 271 Å². The number of nitrogens with two attached hydrogens (primary N) is 1. The monoisotopic (exact) mass is 666 g/mol. The topological polar surface area (TPSA) is 63.8 Å². The van der Waals surface area contributed by atoms with Gasteiger partial charge in [-0.15, -0.1) is 11.8 Å². The van der Waals surface area contributed by atoms with Crippen LogP contribution in [0, 0.1) is 5.92 Å². The summed E-state index contributed by atoms with van der Waals surface area (Å²) >= 11 is 11.1. The van der Waals surface area contributed by atoms with Gasteiger partial charge in [0.1, 0.15) is 0 Å². The SMILES string of the molecule is CCCCCCCCC(CCCCCC)C(=S)Nc1cccc2cncc(SC)c12.Nc1cccc2cncc(Br)c12. The Kier molecular flexibility index (Phi) is 15.6. The van der Waals surface area contributed by atoms with E-state index < -0.39 is 0 Å². The van der Waals surface area contributed by atoms with Crippen molar-refractivity contribution in [2.24, 2.45) is 5.92 Å². The molecule has 0 aliphatic heterocycles. The molecule has 4 aromatic rings. The van der Waals surface area contributed by atoms with Crippen molar-refractivity contribution in [1.82, 2.24) is 9.97 Å². The summed E-state index contributed by atoms with van der Waals surface area (Å²) in [5.41, 5.74) is 7.71. The number of nitrogens with zero attached hydrogens (tertiary/aromatic N) is 2. The smallest absolute Gasteiger partial charge is 0.0828 e. The van der Waals surface area contributed by atoms with Gasteiger partial charge in [-0.1, -0.05) is 115 Å². The second kappa shape index (κ2) is 19.1. The van der Waals surface area contributed by atoms with Crippen LogP contribution in [0.5, 0.6) is 0 Å². The van der Waals surface area contributed by atoms with Gasteiger partial charge in [0.15, 0.2) is 0 Å². The van der Waals surface area contributed by atoms with Crippen molar-refractivity contribution in [2.45, 2.75) is 95.8 Å². The van der Waals surface area contributed by atoms with Crippen LogP contribution in [0.15, 0.2) is 70.6 Å². The normalized spacial score (nSPS) is 11.7. The first-order chi connectivity index (χ1) is 20.5. The van der Waals surface area contributed by atoms with Crippen LogP contribution in [-0.4, -0.2) is 21.2 Å². The maximum Gasteiger partial charge on any atom is 0.0828 e. The molecule has 0 saturated heterocycles. The minimum Gasteiger partial charge on any atom is -0.398 e. The fourth-order valence-electron chi connectivity index (χ4n) is 5.31. The average molecular weight is 668 g/mol. The number of halogens is 1. The molecule has 2 aromatic heterocycles. The van der Waals surface area contributed by atoms with E-state index in [1.54, 1.807) is 24.2 Å². The van der Waals surface area contributed by atoms with E-state index in [0.29, 0.717) is 5.92 Å². The molecule has 226 valence electrons. The van der Waals surface area contributed by atoms with Crippen molar-refractivity contribution in [3.8, 4) is 0 Å². The summed E-state index contributed by atoms with van der Waals surface area (Å²) in [5.74, 6) is 0.484. The quantitative estimate of drug-likeness (QED) is 0.0569. The summed E-state index contributed by atoms with van der Waals surface area (Å²) in [6.07, 6.45) is 25.3. The summed E-state index contributed by atoms with van der Waals surface area (Å²) < 4.78 is 0.943. The fourth-order valence-corrected chi connectivity index (χ4v) is 6.83. The van der Waals surface area contributed by atoms with Gasteiger partial charge in [0.25, 0.3) is 0 Å². The Hall–Kier alpha value is -2.22. The third kappa shape index (κ3) is 10.5. The molecular formula is C35H47BrN4S2. The highest BCUT2D eigenvalue weighted by Gasteiger charge is 2.16. The molecule has 0 spiro atoms. The predicted octanol–water partition coefficient (Wildman–Crippen LogP) is 11.6. The number of nitrogen functional groups attached to an aromatic ring is 1. The van der Waals surface area contributed by atoms with Crippen LogP contribution in [0.1, 0.15) is 90.9 Å². The number of thioether (sulfide) groups is 1. The Balaban J connectivity index is 0.000000332. The summed E-state index contributed by atoms with van der Waals surface area (Å²) in [6, 6.07) is 12.2. The lowest BCUT2D eigenvalue weighted by molar-refractivity contribution is 0.491. The number of hydrogen-bond donors (Lipinski definition) is 2. The molecule has 4 rings (SSSR count). The number of hydrogen-bond acceptors (Lipinski definition) is 5. The van der Waals surface area contributed by atoms with Crippen molar-refractivity contribution >= 4 is 77.8 Å². The van der Waals surface area contributed by atoms with Crippen LogP contribution in [0.3, 0.4) is 0 Å². The molecule has 0 aliphatic carbocycles. The van der Waals surface area contributed by atoms with Crippen LogP contribution in [-0.2, 0) is 0 Å². The number of nitrogens with one attached hydrogen (secondary N) is 1. The summed E-state index contributed by atoms with van der Waals surface area (Å²) in [4.78, 5) is 10.7. The van der Waals surface area contributed by atoms with Gasteiger partial charge in [0.2, 0.25) is 0 Å². The molecule has 7 heteroatoms. The van der Waals surface area contributed by atoms with Gasteiger partial charge in [-0.05, 0) is 47.2 Å². The second-order valence-corrected chi connectivity index (χ2v) is 13.0. The van der Waals surface area contributed by atoms with Crippen LogP contribution < -0.4 is 11.1 Å². The molecule has 1 unspecified atom stereocenters. The molecule has 0 fully saturated rings. The van der Waals surface area contributed by atoms with Crippen molar-refractivity contribution in [3.63, 3.8) is 0 Å². The Morgan fingerprint density at radius 1 is 0.810 bits per heavy atom. The first-order valence-electron chi connectivity index (χ1n) is 15.5. The zero-order valence-electron chi connectivity index (χ0n) is 25.5. The van der Waals surface area contributed by atoms with Crippen molar-refractivity contribution < 1.29 is 0 Å². The first kappa shape index (κ1) is 34.3.